The van der Waals surface area contributed by atoms with Gasteiger partial charge in [0.05, 0.1) is 18.8 Å². The van der Waals surface area contributed by atoms with Crippen molar-refractivity contribution in [3.05, 3.63) is 0 Å². The zero-order valence-electron chi connectivity index (χ0n) is 13.5. The second-order valence-corrected chi connectivity index (χ2v) is 8.47. The second-order valence-electron chi connectivity index (χ2n) is 6.62. The normalized spacial score (nSPS) is 28.6. The van der Waals surface area contributed by atoms with Crippen LogP contribution >= 0.6 is 0 Å². The van der Waals surface area contributed by atoms with Crippen LogP contribution in [0.3, 0.4) is 0 Å². The summed E-state index contributed by atoms with van der Waals surface area (Å²) in [6, 6.07) is 0. The number of hydrogen-bond donors (Lipinski definition) is 1. The second kappa shape index (κ2) is 6.91. The van der Waals surface area contributed by atoms with Gasteiger partial charge in [-0.1, -0.05) is 6.92 Å². The molecule has 0 amide bonds. The van der Waals surface area contributed by atoms with Crippen molar-refractivity contribution in [3.63, 3.8) is 0 Å². The molecule has 0 radical (unpaired) electrons. The quantitative estimate of drug-likeness (QED) is 0.809. The first-order valence-electron chi connectivity index (χ1n) is 7.94. The molecule has 21 heavy (non-hydrogen) atoms. The molecule has 0 aromatic heterocycles. The molecule has 0 aromatic rings. The Bertz CT molecular complexity index is 439. The van der Waals surface area contributed by atoms with Gasteiger partial charge in [0.25, 0.3) is 10.2 Å². The average molecular weight is 319 g/mol. The lowest BCUT2D eigenvalue weighted by molar-refractivity contribution is -0.0112. The SMILES string of the molecule is CCNCC1CCCN(S(=O)(=O)N2CCOCC2(C)C)C1. The molecule has 0 saturated carbocycles. The van der Waals surface area contributed by atoms with Gasteiger partial charge in [-0.2, -0.15) is 17.0 Å². The molecule has 1 unspecified atom stereocenters. The Labute approximate surface area is 129 Å². The maximum atomic E-state index is 13.0. The van der Waals surface area contributed by atoms with Crippen LogP contribution in [0.15, 0.2) is 0 Å². The van der Waals surface area contributed by atoms with Gasteiger partial charge in [-0.15, -0.1) is 0 Å². The van der Waals surface area contributed by atoms with Crippen LogP contribution < -0.4 is 5.32 Å². The minimum Gasteiger partial charge on any atom is -0.378 e. The summed E-state index contributed by atoms with van der Waals surface area (Å²) in [5, 5.41) is 3.33. The van der Waals surface area contributed by atoms with Gasteiger partial charge in [0, 0.05) is 19.6 Å². The van der Waals surface area contributed by atoms with Gasteiger partial charge in [-0.05, 0) is 45.7 Å². The standard InChI is InChI=1S/C14H29N3O3S/c1-4-15-10-13-6-5-7-16(11-13)21(18,19)17-8-9-20-12-14(17,2)3/h13,15H,4-12H2,1-3H3. The Balaban J connectivity index is 2.07. The van der Waals surface area contributed by atoms with E-state index in [1.54, 1.807) is 8.61 Å². The highest BCUT2D eigenvalue weighted by molar-refractivity contribution is 7.86. The molecule has 2 fully saturated rings. The first-order chi connectivity index (χ1) is 9.88. The van der Waals surface area contributed by atoms with Gasteiger partial charge in [0.15, 0.2) is 0 Å². The van der Waals surface area contributed by atoms with Crippen molar-refractivity contribution in [3.8, 4) is 0 Å². The van der Waals surface area contributed by atoms with E-state index >= 15 is 0 Å². The molecule has 2 saturated heterocycles. The molecule has 124 valence electrons. The third kappa shape index (κ3) is 3.96. The van der Waals surface area contributed by atoms with E-state index in [1.807, 2.05) is 13.8 Å². The highest BCUT2D eigenvalue weighted by Gasteiger charge is 2.42. The van der Waals surface area contributed by atoms with E-state index in [1.165, 1.54) is 0 Å². The summed E-state index contributed by atoms with van der Waals surface area (Å²) in [7, 11) is -3.39. The Hall–Kier alpha value is -0.210. The number of rotatable bonds is 5. The first-order valence-corrected chi connectivity index (χ1v) is 9.34. The van der Waals surface area contributed by atoms with Crippen molar-refractivity contribution in [1.29, 1.82) is 0 Å². The van der Waals surface area contributed by atoms with E-state index in [-0.39, 0.29) is 0 Å². The third-order valence-corrected chi connectivity index (χ3v) is 6.56. The molecule has 0 aromatic carbocycles. The van der Waals surface area contributed by atoms with Crippen molar-refractivity contribution < 1.29 is 13.2 Å². The van der Waals surface area contributed by atoms with Crippen LogP contribution in [0.25, 0.3) is 0 Å². The number of nitrogens with zero attached hydrogens (tertiary/aromatic N) is 2. The van der Waals surface area contributed by atoms with E-state index in [2.05, 4.69) is 12.2 Å². The van der Waals surface area contributed by atoms with Crippen molar-refractivity contribution in [2.75, 3.05) is 45.9 Å². The molecule has 2 aliphatic heterocycles. The van der Waals surface area contributed by atoms with Crippen molar-refractivity contribution in [2.45, 2.75) is 39.2 Å². The average Bonchev–Trinajstić information content (AvgIpc) is 2.44. The fourth-order valence-corrected chi connectivity index (χ4v) is 5.18. The molecule has 6 nitrogen and oxygen atoms in total. The molecule has 7 heteroatoms. The van der Waals surface area contributed by atoms with E-state index in [4.69, 9.17) is 4.74 Å². The Morgan fingerprint density at radius 2 is 2.10 bits per heavy atom. The number of morpholine rings is 1. The maximum absolute atomic E-state index is 13.0. The van der Waals surface area contributed by atoms with E-state index in [0.717, 1.165) is 25.9 Å². The highest BCUT2D eigenvalue weighted by Crippen LogP contribution is 2.27. The monoisotopic (exact) mass is 319 g/mol. The van der Waals surface area contributed by atoms with Crippen LogP contribution in [0.4, 0.5) is 0 Å². The Morgan fingerprint density at radius 1 is 1.33 bits per heavy atom. The fraction of sp³-hybridized carbons (Fsp3) is 1.00. The molecule has 0 aliphatic carbocycles. The summed E-state index contributed by atoms with van der Waals surface area (Å²) >= 11 is 0. The molecule has 2 rings (SSSR count). The van der Waals surface area contributed by atoms with Gasteiger partial charge in [-0.3, -0.25) is 0 Å². The van der Waals surface area contributed by atoms with Crippen LogP contribution in [0.1, 0.15) is 33.6 Å². The predicted molar refractivity (Wildman–Crippen MR) is 83.4 cm³/mol. The van der Waals surface area contributed by atoms with Crippen molar-refractivity contribution in [2.24, 2.45) is 5.92 Å². The maximum Gasteiger partial charge on any atom is 0.282 e. The minimum absolute atomic E-state index is 0.414. The topological polar surface area (TPSA) is 61.9 Å². The zero-order chi connectivity index (χ0) is 15.5. The van der Waals surface area contributed by atoms with Gasteiger partial charge in [-0.25, -0.2) is 0 Å². The van der Waals surface area contributed by atoms with Gasteiger partial charge < -0.3 is 10.1 Å². The summed E-state index contributed by atoms with van der Waals surface area (Å²) < 4.78 is 34.6. The summed E-state index contributed by atoms with van der Waals surface area (Å²) in [6.07, 6.45) is 2.05. The summed E-state index contributed by atoms with van der Waals surface area (Å²) in [4.78, 5) is 0. The van der Waals surface area contributed by atoms with Gasteiger partial charge >= 0.3 is 0 Å². The largest absolute Gasteiger partial charge is 0.378 e. The predicted octanol–water partition coefficient (Wildman–Crippen LogP) is 0.664. The summed E-state index contributed by atoms with van der Waals surface area (Å²) in [6.45, 7) is 10.4. The van der Waals surface area contributed by atoms with Crippen molar-refractivity contribution in [1.82, 2.24) is 13.9 Å². The zero-order valence-corrected chi connectivity index (χ0v) is 14.3. The molecule has 0 bridgehead atoms. The first kappa shape index (κ1) is 17.1. The van der Waals surface area contributed by atoms with Crippen LogP contribution in [0.2, 0.25) is 0 Å². The number of ether oxygens (including phenoxy) is 1. The van der Waals surface area contributed by atoms with Crippen LogP contribution in [-0.2, 0) is 14.9 Å². The van der Waals surface area contributed by atoms with Crippen LogP contribution in [-0.4, -0.2) is 68.5 Å². The number of piperidine rings is 1. The summed E-state index contributed by atoms with van der Waals surface area (Å²) in [5.74, 6) is 0.414. The van der Waals surface area contributed by atoms with Gasteiger partial charge in [0.2, 0.25) is 0 Å². The Kier molecular flexibility index (Phi) is 5.65. The van der Waals surface area contributed by atoms with E-state index in [9.17, 15) is 8.42 Å². The van der Waals surface area contributed by atoms with Crippen LogP contribution in [0, 0.1) is 5.92 Å². The van der Waals surface area contributed by atoms with Crippen molar-refractivity contribution >= 4 is 10.2 Å². The van der Waals surface area contributed by atoms with Crippen LogP contribution in [0.5, 0.6) is 0 Å². The smallest absolute Gasteiger partial charge is 0.282 e. The number of nitrogens with one attached hydrogen (secondary N) is 1. The lowest BCUT2D eigenvalue weighted by Gasteiger charge is -2.44. The van der Waals surface area contributed by atoms with E-state index < -0.39 is 15.7 Å². The van der Waals surface area contributed by atoms with Gasteiger partial charge in [0.1, 0.15) is 0 Å². The lowest BCUT2D eigenvalue weighted by atomic mass is 10.00. The molecule has 0 spiro atoms. The summed E-state index contributed by atoms with van der Waals surface area (Å²) in [5.41, 5.74) is -0.467. The molecule has 2 heterocycles. The molecular weight excluding hydrogens is 290 g/mol. The van der Waals surface area contributed by atoms with E-state index in [0.29, 0.717) is 38.8 Å². The molecule has 1 N–H and O–H groups in total. The minimum atomic E-state index is -3.39. The molecular formula is C14H29N3O3S. The third-order valence-electron chi connectivity index (χ3n) is 4.34. The lowest BCUT2D eigenvalue weighted by Crippen LogP contribution is -2.60. The molecule has 1 atom stereocenters. The number of hydrogen-bond acceptors (Lipinski definition) is 4. The fourth-order valence-electron chi connectivity index (χ4n) is 3.16. The highest BCUT2D eigenvalue weighted by atomic mass is 32.2. The Morgan fingerprint density at radius 3 is 2.76 bits per heavy atom. The molecule has 2 aliphatic rings.